The average Bonchev–Trinajstić information content (AvgIpc) is 3.05. The fourth-order valence-electron chi connectivity index (χ4n) is 1.87. The summed E-state index contributed by atoms with van der Waals surface area (Å²) in [5, 5.41) is 10.8. The van der Waals surface area contributed by atoms with E-state index in [9.17, 15) is 9.59 Å². The number of carbonyl (C=O) groups is 2. The number of benzene rings is 1. The van der Waals surface area contributed by atoms with Crippen molar-refractivity contribution < 1.29 is 24.2 Å². The lowest BCUT2D eigenvalue weighted by Crippen LogP contribution is -2.18. The molecular formula is C16H16O5S. The molecule has 1 heterocycles. The maximum absolute atomic E-state index is 11.3. The fraction of sp³-hybridized carbons (Fsp3) is 0.250. The number of ether oxygens (including phenoxy) is 2. The molecule has 0 amide bonds. The van der Waals surface area contributed by atoms with Gasteiger partial charge >= 0.3 is 5.97 Å². The quantitative estimate of drug-likeness (QED) is 0.792. The summed E-state index contributed by atoms with van der Waals surface area (Å²) in [5.41, 5.74) is 1.17. The summed E-state index contributed by atoms with van der Waals surface area (Å²) in [6, 6.07) is 7.16. The summed E-state index contributed by atoms with van der Waals surface area (Å²) in [7, 11) is 1.54. The number of carboxylic acid groups (broad SMARTS) is 1. The third-order valence-electron chi connectivity index (χ3n) is 3.16. The van der Waals surface area contributed by atoms with E-state index in [1.165, 1.54) is 18.4 Å². The molecule has 0 saturated heterocycles. The number of carboxylic acids is 1. The van der Waals surface area contributed by atoms with E-state index in [1.807, 2.05) is 17.5 Å². The predicted molar refractivity (Wildman–Crippen MR) is 84.0 cm³/mol. The Morgan fingerprint density at radius 2 is 2.18 bits per heavy atom. The summed E-state index contributed by atoms with van der Waals surface area (Å²) in [4.78, 5) is 23.1. The summed E-state index contributed by atoms with van der Waals surface area (Å²) in [6.07, 6.45) is 0.692. The first-order chi connectivity index (χ1) is 10.6. The molecule has 1 aromatic heterocycles. The molecule has 2 aromatic rings. The summed E-state index contributed by atoms with van der Waals surface area (Å²) >= 11 is 1.54. The Balaban J connectivity index is 2.35. The maximum Gasteiger partial charge on any atom is 0.309 e. The zero-order chi connectivity index (χ0) is 16.1. The highest BCUT2D eigenvalue weighted by molar-refractivity contribution is 7.13. The standard InChI is InChI=1S/C16H16O5S/c1-10(16(18)19)9-21-13-7-14(20-2)12(6-11(13)8-17)15-4-3-5-22-15/h3-8,10H,9H2,1-2H3,(H,18,19). The number of hydrogen-bond donors (Lipinski definition) is 1. The van der Waals surface area contributed by atoms with E-state index in [-0.39, 0.29) is 6.61 Å². The lowest BCUT2D eigenvalue weighted by molar-refractivity contribution is -0.142. The van der Waals surface area contributed by atoms with Gasteiger partial charge in [0.25, 0.3) is 0 Å². The van der Waals surface area contributed by atoms with E-state index < -0.39 is 11.9 Å². The van der Waals surface area contributed by atoms with Crippen LogP contribution in [0.25, 0.3) is 10.4 Å². The van der Waals surface area contributed by atoms with E-state index in [2.05, 4.69) is 0 Å². The average molecular weight is 320 g/mol. The lowest BCUT2D eigenvalue weighted by Gasteiger charge is -2.14. The number of aldehydes is 1. The van der Waals surface area contributed by atoms with Gasteiger partial charge in [0.15, 0.2) is 6.29 Å². The van der Waals surface area contributed by atoms with Crippen molar-refractivity contribution in [1.82, 2.24) is 0 Å². The Hall–Kier alpha value is -2.34. The van der Waals surface area contributed by atoms with Crippen LogP contribution in [-0.4, -0.2) is 31.1 Å². The molecule has 0 aliphatic rings. The van der Waals surface area contributed by atoms with E-state index in [0.29, 0.717) is 23.3 Å². The van der Waals surface area contributed by atoms with Gasteiger partial charge < -0.3 is 14.6 Å². The lowest BCUT2D eigenvalue weighted by atomic mass is 10.1. The molecule has 0 aliphatic carbocycles. The molecule has 1 unspecified atom stereocenters. The minimum Gasteiger partial charge on any atom is -0.496 e. The second kappa shape index (κ2) is 7.09. The van der Waals surface area contributed by atoms with Crippen LogP contribution in [0.4, 0.5) is 0 Å². The molecule has 2 rings (SSSR count). The van der Waals surface area contributed by atoms with Crippen molar-refractivity contribution >= 4 is 23.6 Å². The Morgan fingerprint density at radius 3 is 2.73 bits per heavy atom. The van der Waals surface area contributed by atoms with Crippen molar-refractivity contribution in [2.24, 2.45) is 5.92 Å². The maximum atomic E-state index is 11.3. The molecule has 0 saturated carbocycles. The van der Waals surface area contributed by atoms with Gasteiger partial charge in [0.05, 0.1) is 18.6 Å². The molecular weight excluding hydrogens is 304 g/mol. The minimum absolute atomic E-state index is 0.0162. The zero-order valence-electron chi connectivity index (χ0n) is 12.2. The normalized spacial score (nSPS) is 11.7. The molecule has 1 aromatic carbocycles. The molecule has 5 nitrogen and oxygen atoms in total. The van der Waals surface area contributed by atoms with Gasteiger partial charge in [-0.15, -0.1) is 11.3 Å². The van der Waals surface area contributed by atoms with Crippen LogP contribution in [0.3, 0.4) is 0 Å². The first-order valence-electron chi connectivity index (χ1n) is 6.63. The summed E-state index contributed by atoms with van der Waals surface area (Å²) in [5.74, 6) is -0.719. The van der Waals surface area contributed by atoms with E-state index in [1.54, 1.807) is 19.1 Å². The number of thiophene rings is 1. The first kappa shape index (κ1) is 16.0. The highest BCUT2D eigenvalue weighted by Crippen LogP contribution is 2.37. The van der Waals surface area contributed by atoms with Gasteiger partial charge in [-0.05, 0) is 24.4 Å². The van der Waals surface area contributed by atoms with Crippen LogP contribution in [-0.2, 0) is 4.79 Å². The Morgan fingerprint density at radius 1 is 1.41 bits per heavy atom. The largest absolute Gasteiger partial charge is 0.496 e. The van der Waals surface area contributed by atoms with Gasteiger partial charge in [-0.1, -0.05) is 6.07 Å². The predicted octanol–water partition coefficient (Wildman–Crippen LogP) is 3.34. The molecule has 6 heteroatoms. The van der Waals surface area contributed by atoms with Gasteiger partial charge in [-0.3, -0.25) is 9.59 Å². The smallest absolute Gasteiger partial charge is 0.309 e. The molecule has 1 atom stereocenters. The van der Waals surface area contributed by atoms with Crippen LogP contribution in [0.15, 0.2) is 29.6 Å². The second-order valence-corrected chi connectivity index (χ2v) is 5.68. The number of rotatable bonds is 7. The third-order valence-corrected chi connectivity index (χ3v) is 4.06. The van der Waals surface area contributed by atoms with E-state index in [4.69, 9.17) is 14.6 Å². The number of methoxy groups -OCH3 is 1. The Kier molecular flexibility index (Phi) is 5.16. The second-order valence-electron chi connectivity index (χ2n) is 4.74. The first-order valence-corrected chi connectivity index (χ1v) is 7.51. The molecule has 22 heavy (non-hydrogen) atoms. The summed E-state index contributed by atoms with van der Waals surface area (Å²) < 4.78 is 10.8. The highest BCUT2D eigenvalue weighted by Gasteiger charge is 2.16. The molecule has 1 N–H and O–H groups in total. The molecule has 0 aliphatic heterocycles. The number of aliphatic carboxylic acids is 1. The van der Waals surface area contributed by atoms with Crippen LogP contribution in [0.1, 0.15) is 17.3 Å². The Labute approximate surface area is 132 Å². The number of hydrogen-bond acceptors (Lipinski definition) is 5. The van der Waals surface area contributed by atoms with E-state index >= 15 is 0 Å². The topological polar surface area (TPSA) is 72.8 Å². The number of carbonyl (C=O) groups excluding carboxylic acids is 1. The monoisotopic (exact) mass is 320 g/mol. The molecule has 0 bridgehead atoms. The SMILES string of the molecule is COc1cc(OCC(C)C(=O)O)c(C=O)cc1-c1cccs1. The minimum atomic E-state index is -0.949. The van der Waals surface area contributed by atoms with E-state index in [0.717, 1.165) is 10.4 Å². The van der Waals surface area contributed by atoms with Crippen LogP contribution in [0.2, 0.25) is 0 Å². The van der Waals surface area contributed by atoms with Gasteiger partial charge in [-0.25, -0.2) is 0 Å². The van der Waals surface area contributed by atoms with Gasteiger partial charge in [0, 0.05) is 16.5 Å². The van der Waals surface area contributed by atoms with Crippen LogP contribution in [0.5, 0.6) is 11.5 Å². The Bertz CT molecular complexity index is 663. The van der Waals surface area contributed by atoms with Crippen LogP contribution in [0, 0.1) is 5.92 Å². The molecule has 116 valence electrons. The van der Waals surface area contributed by atoms with Crippen LogP contribution < -0.4 is 9.47 Å². The van der Waals surface area contributed by atoms with Crippen molar-refractivity contribution in [1.29, 1.82) is 0 Å². The van der Waals surface area contributed by atoms with Crippen LogP contribution >= 0.6 is 11.3 Å². The van der Waals surface area contributed by atoms with Gasteiger partial charge in [-0.2, -0.15) is 0 Å². The highest BCUT2D eigenvalue weighted by atomic mass is 32.1. The zero-order valence-corrected chi connectivity index (χ0v) is 13.1. The fourth-order valence-corrected chi connectivity index (χ4v) is 2.62. The van der Waals surface area contributed by atoms with Gasteiger partial charge in [0.1, 0.15) is 18.1 Å². The van der Waals surface area contributed by atoms with Crippen molar-refractivity contribution in [3.63, 3.8) is 0 Å². The van der Waals surface area contributed by atoms with Crippen molar-refractivity contribution in [3.8, 4) is 21.9 Å². The van der Waals surface area contributed by atoms with Crippen molar-refractivity contribution in [3.05, 3.63) is 35.2 Å². The van der Waals surface area contributed by atoms with Gasteiger partial charge in [0.2, 0.25) is 0 Å². The van der Waals surface area contributed by atoms with Crippen molar-refractivity contribution in [2.75, 3.05) is 13.7 Å². The van der Waals surface area contributed by atoms with Crippen molar-refractivity contribution in [2.45, 2.75) is 6.92 Å². The summed E-state index contributed by atoms with van der Waals surface area (Å²) in [6.45, 7) is 1.53. The molecule has 0 radical (unpaired) electrons. The molecule has 0 spiro atoms. The third kappa shape index (κ3) is 3.46. The molecule has 0 fully saturated rings.